The molecule has 0 saturated heterocycles. The molecule has 2 aromatic carbocycles. The van der Waals surface area contributed by atoms with E-state index in [9.17, 15) is 10.2 Å². The fourth-order valence-corrected chi connectivity index (χ4v) is 11.5. The van der Waals surface area contributed by atoms with Crippen molar-refractivity contribution in [2.24, 2.45) is 21.7 Å². The van der Waals surface area contributed by atoms with Gasteiger partial charge < -0.3 is 10.2 Å². The summed E-state index contributed by atoms with van der Waals surface area (Å²) in [6.45, 7) is 51.4. The van der Waals surface area contributed by atoms with Gasteiger partial charge in [0.25, 0.3) is 0 Å². The molecule has 0 aliphatic carbocycles. The summed E-state index contributed by atoms with van der Waals surface area (Å²) >= 11 is 0. The van der Waals surface area contributed by atoms with Gasteiger partial charge >= 0.3 is 0 Å². The second-order valence-corrected chi connectivity index (χ2v) is 26.7. The Kier molecular flexibility index (Phi) is 18.0. The number of nitrogens with zero attached hydrogens (tertiary/aromatic N) is 1. The van der Waals surface area contributed by atoms with Gasteiger partial charge in [0, 0.05) is 35.3 Å². The molecule has 59 heavy (non-hydrogen) atoms. The number of hydrogen-bond donors (Lipinski definition) is 2. The number of hydrogen-bond acceptors (Lipinski definition) is 3. The highest BCUT2D eigenvalue weighted by atomic mass is 16.3. The average Bonchev–Trinajstić information content (AvgIpc) is 2.98. The van der Waals surface area contributed by atoms with Crippen molar-refractivity contribution in [1.82, 2.24) is 4.90 Å². The molecule has 3 nitrogen and oxygen atoms in total. The quantitative estimate of drug-likeness (QED) is 0.123. The summed E-state index contributed by atoms with van der Waals surface area (Å²) in [6.07, 6.45) is 14.3. The van der Waals surface area contributed by atoms with Crippen molar-refractivity contribution in [2.75, 3.05) is 6.54 Å². The van der Waals surface area contributed by atoms with Gasteiger partial charge in [-0.25, -0.2) is 0 Å². The fraction of sp³-hybridized carbons (Fsp3) is 0.786. The normalized spacial score (nSPS) is 14.1. The predicted molar refractivity (Wildman–Crippen MR) is 261 cm³/mol. The largest absolute Gasteiger partial charge is 0.507 e. The topological polar surface area (TPSA) is 43.7 Å². The third-order valence-corrected chi connectivity index (χ3v) is 12.3. The van der Waals surface area contributed by atoms with Gasteiger partial charge in [-0.05, 0) is 93.1 Å². The average molecular weight is 818 g/mol. The SMILES string of the molecule is CCCCCCCCCCN(Cc1cc(C(C)(C)CC(C)(C)C)c(O)c(C(C)(C)CC(C)(C)C)c1)Cc1cc(C(C)(C)CC(C)(C)C)c(O)c(C(C)(C)CC(C)(C)C)c1. The van der Waals surface area contributed by atoms with E-state index in [1.807, 2.05) is 0 Å². The van der Waals surface area contributed by atoms with Crippen LogP contribution in [0.3, 0.4) is 0 Å². The van der Waals surface area contributed by atoms with E-state index in [4.69, 9.17) is 0 Å². The maximum absolute atomic E-state index is 12.3. The van der Waals surface area contributed by atoms with Gasteiger partial charge in [-0.3, -0.25) is 4.90 Å². The summed E-state index contributed by atoms with van der Waals surface area (Å²) in [7, 11) is 0. The Bertz CT molecular complexity index is 1400. The van der Waals surface area contributed by atoms with E-state index in [0.717, 1.165) is 67.6 Å². The summed E-state index contributed by atoms with van der Waals surface area (Å²) in [5.41, 5.74) is 6.55. The van der Waals surface area contributed by atoms with Crippen LogP contribution in [-0.4, -0.2) is 21.7 Å². The Morgan fingerprint density at radius 2 is 0.610 bits per heavy atom. The zero-order valence-corrected chi connectivity index (χ0v) is 43.3. The van der Waals surface area contributed by atoms with Gasteiger partial charge in [-0.15, -0.1) is 0 Å². The van der Waals surface area contributed by atoms with E-state index < -0.39 is 0 Å². The fourth-order valence-electron chi connectivity index (χ4n) is 11.5. The van der Waals surface area contributed by atoms with Crippen molar-refractivity contribution < 1.29 is 10.2 Å². The van der Waals surface area contributed by atoms with Crippen LogP contribution in [0.1, 0.15) is 256 Å². The molecule has 0 atom stereocenters. The van der Waals surface area contributed by atoms with Crippen molar-refractivity contribution in [3.8, 4) is 11.5 Å². The third kappa shape index (κ3) is 17.7. The van der Waals surface area contributed by atoms with Gasteiger partial charge in [-0.2, -0.15) is 0 Å². The van der Waals surface area contributed by atoms with Crippen molar-refractivity contribution >= 4 is 0 Å². The van der Waals surface area contributed by atoms with Gasteiger partial charge in [0.15, 0.2) is 0 Å². The monoisotopic (exact) mass is 818 g/mol. The molecule has 2 aromatic rings. The van der Waals surface area contributed by atoms with Gasteiger partial charge in [-0.1, -0.05) is 215 Å². The molecule has 0 unspecified atom stereocenters. The first-order chi connectivity index (χ1) is 26.5. The van der Waals surface area contributed by atoms with E-state index in [1.165, 1.54) is 62.5 Å². The molecule has 0 saturated carbocycles. The van der Waals surface area contributed by atoms with Gasteiger partial charge in [0.2, 0.25) is 0 Å². The lowest BCUT2D eigenvalue weighted by atomic mass is 9.68. The highest BCUT2D eigenvalue weighted by molar-refractivity contribution is 5.52. The molecule has 0 heterocycles. The Balaban J connectivity index is 2.85. The molecule has 2 rings (SSSR count). The zero-order valence-electron chi connectivity index (χ0n) is 43.3. The molecule has 2 N–H and O–H groups in total. The van der Waals surface area contributed by atoms with E-state index in [2.05, 4.69) is 175 Å². The number of phenolic OH excluding ortho intramolecular Hbond substituents is 2. The highest BCUT2D eigenvalue weighted by Crippen LogP contribution is 2.49. The van der Waals surface area contributed by atoms with E-state index in [-0.39, 0.29) is 43.3 Å². The molecular weight excluding hydrogens is 719 g/mol. The molecule has 340 valence electrons. The summed E-state index contributed by atoms with van der Waals surface area (Å²) in [5, 5.41) is 24.6. The molecule has 0 spiro atoms. The molecule has 3 heteroatoms. The minimum absolute atomic E-state index is 0.116. The standard InChI is InChI=1S/C56H99NO2/c1-22-23-24-25-26-27-28-29-30-57(35-41-31-43(53(14,15)37-49(2,3)4)47(58)44(32-41)54(16,17)38-50(5,6)7)36-42-33-45(55(18,19)39-51(8,9)10)48(59)46(34-42)56(20,21)40-52(11,12)13/h31-34,58-59H,22-30,35-40H2,1-21H3. The summed E-state index contributed by atoms with van der Waals surface area (Å²) < 4.78 is 0. The minimum atomic E-state index is -0.203. The van der Waals surface area contributed by atoms with Gasteiger partial charge in [0.05, 0.1) is 0 Å². The highest BCUT2D eigenvalue weighted by Gasteiger charge is 2.38. The lowest BCUT2D eigenvalue weighted by molar-refractivity contribution is 0.245. The van der Waals surface area contributed by atoms with Crippen LogP contribution in [0.4, 0.5) is 0 Å². The predicted octanol–water partition coefficient (Wildman–Crippen LogP) is 17.1. The second kappa shape index (κ2) is 20.0. The molecule has 0 fully saturated rings. The van der Waals surface area contributed by atoms with E-state index in [1.54, 1.807) is 0 Å². The van der Waals surface area contributed by atoms with Crippen LogP contribution in [-0.2, 0) is 34.7 Å². The van der Waals surface area contributed by atoms with Crippen molar-refractivity contribution in [1.29, 1.82) is 0 Å². The maximum atomic E-state index is 12.3. The number of rotatable bonds is 21. The van der Waals surface area contributed by atoms with Crippen LogP contribution in [0.5, 0.6) is 11.5 Å². The number of aromatic hydroxyl groups is 2. The zero-order chi connectivity index (χ0) is 45.6. The smallest absolute Gasteiger partial charge is 0.123 e. The van der Waals surface area contributed by atoms with Crippen LogP contribution < -0.4 is 0 Å². The second-order valence-electron chi connectivity index (χ2n) is 26.7. The number of unbranched alkanes of at least 4 members (excludes halogenated alkanes) is 7. The van der Waals surface area contributed by atoms with Crippen molar-refractivity contribution in [2.45, 2.75) is 257 Å². The molecule has 0 aromatic heterocycles. The first-order valence-electron chi connectivity index (χ1n) is 23.9. The van der Waals surface area contributed by atoms with Crippen molar-refractivity contribution in [3.05, 3.63) is 57.6 Å². The van der Waals surface area contributed by atoms with E-state index >= 15 is 0 Å². The Morgan fingerprint density at radius 3 is 0.847 bits per heavy atom. The van der Waals surface area contributed by atoms with Crippen LogP contribution in [0.2, 0.25) is 0 Å². The molecule has 0 aliphatic rings. The molecular formula is C56H99NO2. The summed E-state index contributed by atoms with van der Waals surface area (Å²) in [5.74, 6) is 0.976. The third-order valence-electron chi connectivity index (χ3n) is 12.3. The van der Waals surface area contributed by atoms with Crippen LogP contribution >= 0.6 is 0 Å². The van der Waals surface area contributed by atoms with Crippen LogP contribution in [0.15, 0.2) is 24.3 Å². The Hall–Kier alpha value is -2.00. The Labute approximate surface area is 368 Å². The maximum Gasteiger partial charge on any atom is 0.123 e. The summed E-state index contributed by atoms with van der Waals surface area (Å²) in [6, 6.07) is 9.41. The molecule has 0 aliphatic heterocycles. The van der Waals surface area contributed by atoms with Gasteiger partial charge in [0.1, 0.15) is 11.5 Å². The van der Waals surface area contributed by atoms with Crippen LogP contribution in [0, 0.1) is 21.7 Å². The van der Waals surface area contributed by atoms with Crippen LogP contribution in [0.25, 0.3) is 0 Å². The summed E-state index contributed by atoms with van der Waals surface area (Å²) in [4.78, 5) is 2.68. The molecule has 0 bridgehead atoms. The molecule has 0 amide bonds. The van der Waals surface area contributed by atoms with Crippen molar-refractivity contribution in [3.63, 3.8) is 0 Å². The first-order valence-corrected chi connectivity index (χ1v) is 23.9. The Morgan fingerprint density at radius 1 is 0.373 bits per heavy atom. The number of phenols is 2. The lowest BCUT2D eigenvalue weighted by Gasteiger charge is -2.38. The minimum Gasteiger partial charge on any atom is -0.507 e. The number of benzene rings is 2. The first kappa shape index (κ1) is 53.1. The molecule has 0 radical (unpaired) electrons. The van der Waals surface area contributed by atoms with E-state index in [0.29, 0.717) is 11.5 Å². The lowest BCUT2D eigenvalue weighted by Crippen LogP contribution is -2.30.